The number of carbonyl (C=O) groups is 2. The maximum atomic E-state index is 13.6. The summed E-state index contributed by atoms with van der Waals surface area (Å²) in [6.07, 6.45) is 1.43. The van der Waals surface area contributed by atoms with Crippen molar-refractivity contribution in [2.75, 3.05) is 11.9 Å². The van der Waals surface area contributed by atoms with Crippen molar-refractivity contribution in [2.45, 2.75) is 40.7 Å². The fraction of sp³-hybridized carbons (Fsp3) is 0.259. The van der Waals surface area contributed by atoms with Gasteiger partial charge < -0.3 is 10.1 Å². The Kier molecular flexibility index (Phi) is 6.84. The average molecular weight is 490 g/mol. The molecule has 2 heterocycles. The van der Waals surface area contributed by atoms with Gasteiger partial charge in [-0.05, 0) is 75.6 Å². The topological polar surface area (TPSA) is 90.3 Å². The Labute approximate surface area is 207 Å². The number of esters is 1. The number of benzene rings is 2. The van der Waals surface area contributed by atoms with E-state index in [4.69, 9.17) is 4.74 Å². The van der Waals surface area contributed by atoms with Crippen molar-refractivity contribution in [3.63, 3.8) is 0 Å². The van der Waals surface area contributed by atoms with Gasteiger partial charge in [0.1, 0.15) is 10.9 Å². The van der Waals surface area contributed by atoms with Crippen molar-refractivity contribution in [1.82, 2.24) is 9.55 Å². The monoisotopic (exact) mass is 489 g/mol. The summed E-state index contributed by atoms with van der Waals surface area (Å²) in [5, 5.41) is 3.33. The molecule has 0 fully saturated rings. The van der Waals surface area contributed by atoms with Gasteiger partial charge in [-0.3, -0.25) is 14.2 Å². The summed E-state index contributed by atoms with van der Waals surface area (Å²) in [6, 6.07) is 11.8. The lowest BCUT2D eigenvalue weighted by atomic mass is 9.99. The third-order valence-electron chi connectivity index (χ3n) is 6.07. The van der Waals surface area contributed by atoms with Gasteiger partial charge >= 0.3 is 5.97 Å². The van der Waals surface area contributed by atoms with Crippen LogP contribution in [0.2, 0.25) is 0 Å². The van der Waals surface area contributed by atoms with Gasteiger partial charge in [0.15, 0.2) is 0 Å². The number of nitrogens with one attached hydrogen (secondary N) is 1. The van der Waals surface area contributed by atoms with Gasteiger partial charge in [0.25, 0.3) is 5.56 Å². The van der Waals surface area contributed by atoms with Gasteiger partial charge in [-0.1, -0.05) is 18.2 Å². The van der Waals surface area contributed by atoms with Crippen molar-refractivity contribution in [3.8, 4) is 11.1 Å². The molecule has 8 heteroatoms. The predicted molar refractivity (Wildman–Crippen MR) is 139 cm³/mol. The molecule has 0 bridgehead atoms. The van der Waals surface area contributed by atoms with E-state index in [2.05, 4.69) is 23.3 Å². The van der Waals surface area contributed by atoms with Crippen LogP contribution >= 0.6 is 11.3 Å². The molecule has 180 valence electrons. The van der Waals surface area contributed by atoms with Crippen molar-refractivity contribution in [2.24, 2.45) is 0 Å². The number of aromatic nitrogens is 2. The normalized spacial score (nSPS) is 11.9. The van der Waals surface area contributed by atoms with Crippen LogP contribution in [0.15, 0.2) is 53.6 Å². The second-order valence-electron chi connectivity index (χ2n) is 8.43. The molecule has 0 saturated carbocycles. The van der Waals surface area contributed by atoms with Crippen LogP contribution in [0.4, 0.5) is 5.69 Å². The minimum atomic E-state index is -0.794. The molecule has 0 aliphatic carbocycles. The van der Waals surface area contributed by atoms with Crippen molar-refractivity contribution >= 4 is 39.1 Å². The Hall–Kier alpha value is -3.78. The number of amides is 1. The van der Waals surface area contributed by atoms with Gasteiger partial charge in [-0.15, -0.1) is 11.3 Å². The first-order valence-electron chi connectivity index (χ1n) is 11.4. The first-order chi connectivity index (χ1) is 16.7. The Morgan fingerprint density at radius 2 is 1.80 bits per heavy atom. The van der Waals surface area contributed by atoms with Gasteiger partial charge in [0.05, 0.1) is 23.9 Å². The zero-order valence-electron chi connectivity index (χ0n) is 20.3. The molecular formula is C27H27N3O4S. The number of rotatable bonds is 6. The van der Waals surface area contributed by atoms with Crippen LogP contribution in [0.5, 0.6) is 0 Å². The molecule has 0 aliphatic rings. The van der Waals surface area contributed by atoms with E-state index in [9.17, 15) is 14.4 Å². The first-order valence-corrected chi connectivity index (χ1v) is 12.2. The van der Waals surface area contributed by atoms with Crippen LogP contribution in [0.3, 0.4) is 0 Å². The average Bonchev–Trinajstić information content (AvgIpc) is 3.18. The van der Waals surface area contributed by atoms with Gasteiger partial charge in [-0.2, -0.15) is 0 Å². The smallest absolute Gasteiger partial charge is 0.338 e. The minimum Gasteiger partial charge on any atom is -0.462 e. The van der Waals surface area contributed by atoms with Crippen molar-refractivity contribution in [3.05, 3.63) is 80.7 Å². The third-order valence-corrected chi connectivity index (χ3v) is 7.08. The molecule has 4 rings (SSSR count). The number of nitrogens with zero attached hydrogens (tertiary/aromatic N) is 2. The van der Waals surface area contributed by atoms with Crippen molar-refractivity contribution in [1.29, 1.82) is 0 Å². The molecule has 0 radical (unpaired) electrons. The zero-order chi connectivity index (χ0) is 25.3. The Bertz CT molecular complexity index is 1490. The van der Waals surface area contributed by atoms with Crippen LogP contribution in [-0.4, -0.2) is 28.0 Å². The van der Waals surface area contributed by atoms with Crippen LogP contribution in [-0.2, 0) is 9.53 Å². The summed E-state index contributed by atoms with van der Waals surface area (Å²) in [5.74, 6) is -0.785. The van der Waals surface area contributed by atoms with Crippen LogP contribution < -0.4 is 10.9 Å². The Morgan fingerprint density at radius 1 is 1.09 bits per heavy atom. The number of hydrogen-bond donors (Lipinski definition) is 1. The number of anilines is 1. The van der Waals surface area contributed by atoms with E-state index in [1.54, 1.807) is 38.1 Å². The van der Waals surface area contributed by atoms with Crippen LogP contribution in [0, 0.1) is 20.8 Å². The SMILES string of the molecule is CCOC(=O)c1ccc(NC(=O)C(C)n2cnc3sc(C)c(-c4ccc(C)c(C)c4)c3c2=O)cc1. The fourth-order valence-corrected chi connectivity index (χ4v) is 4.92. The van der Waals surface area contributed by atoms with E-state index in [0.29, 0.717) is 21.5 Å². The largest absolute Gasteiger partial charge is 0.462 e. The molecule has 7 nitrogen and oxygen atoms in total. The molecule has 0 saturated heterocycles. The first kappa shape index (κ1) is 24.3. The number of ether oxygens (including phenoxy) is 1. The Morgan fingerprint density at radius 3 is 2.46 bits per heavy atom. The molecule has 1 amide bonds. The van der Waals surface area contributed by atoms with E-state index in [1.165, 1.54) is 27.8 Å². The summed E-state index contributed by atoms with van der Waals surface area (Å²) >= 11 is 1.47. The molecular weight excluding hydrogens is 462 g/mol. The lowest BCUT2D eigenvalue weighted by Crippen LogP contribution is -2.31. The minimum absolute atomic E-state index is 0.257. The predicted octanol–water partition coefficient (Wildman–Crippen LogP) is 5.43. The molecule has 1 unspecified atom stereocenters. The second kappa shape index (κ2) is 9.84. The van der Waals surface area contributed by atoms with Gasteiger partial charge in [0, 0.05) is 16.1 Å². The summed E-state index contributed by atoms with van der Waals surface area (Å²) in [5.41, 5.74) is 4.81. The number of carbonyl (C=O) groups excluding carboxylic acids is 2. The highest BCUT2D eigenvalue weighted by atomic mass is 32.1. The third kappa shape index (κ3) is 4.74. The lowest BCUT2D eigenvalue weighted by molar-refractivity contribution is -0.118. The Balaban J connectivity index is 1.65. The highest BCUT2D eigenvalue weighted by Crippen LogP contribution is 2.36. The molecule has 2 aromatic heterocycles. The quantitative estimate of drug-likeness (QED) is 0.365. The zero-order valence-corrected chi connectivity index (χ0v) is 21.2. The van der Waals surface area contributed by atoms with Crippen LogP contribution in [0.1, 0.15) is 46.3 Å². The molecule has 4 aromatic rings. The standard InChI is InChI=1S/C27H27N3O4S/c1-6-34-27(33)19-9-11-21(12-10-19)29-24(31)17(4)30-14-28-25-23(26(30)32)22(18(5)35-25)20-8-7-15(2)16(3)13-20/h7-14,17H,6H2,1-5H3,(H,29,31). The lowest BCUT2D eigenvalue weighted by Gasteiger charge is -2.15. The second-order valence-corrected chi connectivity index (χ2v) is 9.64. The van der Waals surface area contributed by atoms with E-state index in [1.807, 2.05) is 26.0 Å². The van der Waals surface area contributed by atoms with E-state index >= 15 is 0 Å². The highest BCUT2D eigenvalue weighted by Gasteiger charge is 2.22. The molecule has 0 aliphatic heterocycles. The number of hydrogen-bond acceptors (Lipinski definition) is 6. The fourth-order valence-electron chi connectivity index (χ4n) is 3.91. The summed E-state index contributed by atoms with van der Waals surface area (Å²) < 4.78 is 6.34. The van der Waals surface area contributed by atoms with E-state index in [-0.39, 0.29) is 18.1 Å². The summed E-state index contributed by atoms with van der Waals surface area (Å²) in [4.78, 5) is 44.5. The maximum absolute atomic E-state index is 13.6. The number of aryl methyl sites for hydroxylation is 3. The molecule has 1 N–H and O–H groups in total. The maximum Gasteiger partial charge on any atom is 0.338 e. The van der Waals surface area contributed by atoms with E-state index in [0.717, 1.165) is 21.6 Å². The molecule has 0 spiro atoms. The van der Waals surface area contributed by atoms with Crippen LogP contribution in [0.25, 0.3) is 21.3 Å². The van der Waals surface area contributed by atoms with Gasteiger partial charge in [0.2, 0.25) is 5.91 Å². The molecule has 35 heavy (non-hydrogen) atoms. The molecule has 2 aromatic carbocycles. The highest BCUT2D eigenvalue weighted by molar-refractivity contribution is 7.19. The van der Waals surface area contributed by atoms with E-state index < -0.39 is 12.0 Å². The summed E-state index contributed by atoms with van der Waals surface area (Å²) in [6.45, 7) is 9.77. The van der Waals surface area contributed by atoms with Gasteiger partial charge in [-0.25, -0.2) is 9.78 Å². The number of thiophene rings is 1. The number of fused-ring (bicyclic) bond motifs is 1. The van der Waals surface area contributed by atoms with Crippen molar-refractivity contribution < 1.29 is 14.3 Å². The summed E-state index contributed by atoms with van der Waals surface area (Å²) in [7, 11) is 0. The molecule has 1 atom stereocenters.